The van der Waals surface area contributed by atoms with Gasteiger partial charge in [-0.25, -0.2) is 13.2 Å². The number of carbonyl (C=O) groups is 1. The highest BCUT2D eigenvalue weighted by Crippen LogP contribution is 2.39. The lowest BCUT2D eigenvalue weighted by molar-refractivity contribution is -0.262. The first-order valence-corrected chi connectivity index (χ1v) is 17.0. The molecule has 0 aromatic carbocycles. The van der Waals surface area contributed by atoms with E-state index in [9.17, 15) is 13.2 Å². The van der Waals surface area contributed by atoms with Crippen LogP contribution in [-0.4, -0.2) is 113 Å². The molecule has 1 amide bonds. The molecule has 0 saturated carbocycles. The van der Waals surface area contributed by atoms with E-state index >= 15 is 0 Å². The van der Waals surface area contributed by atoms with Crippen LogP contribution in [0.4, 0.5) is 4.79 Å². The SMILES string of the molecule is C=CS(=O)(=O)SCCNC(=O)OC(COC1CC(C)(C)N([OH2+])C(C)(C)C1)CN(C)C1CC(C)(C)N([OH2+])C(C)(C)C1. The zero-order chi connectivity index (χ0) is 30.7. The molecule has 0 bridgehead atoms. The number of hydrogen-bond acceptors (Lipinski definition) is 9. The Balaban J connectivity index is 2.09. The van der Waals surface area contributed by atoms with Gasteiger partial charge in [0.1, 0.15) is 6.10 Å². The number of alkyl carbamates (subject to hydrolysis) is 1. The van der Waals surface area contributed by atoms with E-state index in [1.54, 1.807) is 10.1 Å². The van der Waals surface area contributed by atoms with Gasteiger partial charge in [0.25, 0.3) is 0 Å². The number of rotatable bonds is 12. The Hall–Kier alpha value is -0.930. The molecule has 5 N–H and O–H groups in total. The Kier molecular flexibility index (Phi) is 11.6. The number of nitrogens with one attached hydrogen (secondary N) is 1. The predicted octanol–water partition coefficient (Wildman–Crippen LogP) is 2.56. The van der Waals surface area contributed by atoms with Crippen LogP contribution in [0, 0.1) is 0 Å². The Morgan fingerprint density at radius 1 is 1.02 bits per heavy atom. The molecule has 2 aliphatic heterocycles. The second kappa shape index (κ2) is 13.2. The molecule has 0 aliphatic carbocycles. The number of carbonyl (C=O) groups excluding carboxylic acids is 1. The third-order valence-corrected chi connectivity index (χ3v) is 11.1. The molecule has 13 heteroatoms. The highest BCUT2D eigenvalue weighted by molar-refractivity contribution is 8.73. The van der Waals surface area contributed by atoms with Gasteiger partial charge in [-0.2, -0.15) is 0 Å². The van der Waals surface area contributed by atoms with E-state index in [2.05, 4.69) is 44.5 Å². The van der Waals surface area contributed by atoms with Crippen molar-refractivity contribution < 1.29 is 33.1 Å². The van der Waals surface area contributed by atoms with E-state index in [1.165, 1.54) is 0 Å². The molecule has 1 atom stereocenters. The largest absolute Gasteiger partial charge is 0.442 e. The summed E-state index contributed by atoms with van der Waals surface area (Å²) in [4.78, 5) is 14.9. The van der Waals surface area contributed by atoms with Crippen LogP contribution in [-0.2, 0) is 18.3 Å². The number of amides is 1. The number of ether oxygens (including phenoxy) is 2. The van der Waals surface area contributed by atoms with Crippen molar-refractivity contribution in [2.24, 2.45) is 0 Å². The fourth-order valence-electron chi connectivity index (χ4n) is 6.24. The lowest BCUT2D eigenvalue weighted by Gasteiger charge is -2.50. The molecule has 0 aromatic rings. The Morgan fingerprint density at radius 2 is 1.50 bits per heavy atom. The molecule has 2 saturated heterocycles. The van der Waals surface area contributed by atoms with Gasteiger partial charge in [0.05, 0.1) is 34.9 Å². The summed E-state index contributed by atoms with van der Waals surface area (Å²) in [6.07, 6.45) is 1.71. The zero-order valence-electron chi connectivity index (χ0n) is 25.9. The average Bonchev–Trinajstić information content (AvgIpc) is 2.81. The van der Waals surface area contributed by atoms with Crippen molar-refractivity contribution >= 4 is 25.8 Å². The summed E-state index contributed by atoms with van der Waals surface area (Å²) < 4.78 is 35.4. The maximum absolute atomic E-state index is 12.7. The smallest absolute Gasteiger partial charge is 0.407 e. The van der Waals surface area contributed by atoms with Crippen molar-refractivity contribution in [1.82, 2.24) is 20.3 Å². The normalized spacial score (nSPS) is 24.5. The van der Waals surface area contributed by atoms with Crippen LogP contribution in [0.5, 0.6) is 0 Å². The van der Waals surface area contributed by atoms with Crippen LogP contribution in [0.3, 0.4) is 0 Å². The van der Waals surface area contributed by atoms with Gasteiger partial charge < -0.3 is 25.2 Å². The summed E-state index contributed by atoms with van der Waals surface area (Å²) in [5.41, 5.74) is -1.34. The van der Waals surface area contributed by atoms with Crippen molar-refractivity contribution in [2.75, 3.05) is 32.5 Å². The van der Waals surface area contributed by atoms with E-state index in [1.807, 2.05) is 34.7 Å². The molecule has 2 aliphatic rings. The van der Waals surface area contributed by atoms with Crippen LogP contribution in [0.25, 0.3) is 0 Å². The van der Waals surface area contributed by atoms with E-state index in [-0.39, 0.29) is 53.2 Å². The summed E-state index contributed by atoms with van der Waals surface area (Å²) in [5, 5.41) is 24.0. The molecule has 40 heavy (non-hydrogen) atoms. The standard InChI is InChI=1S/C27H52N4O7S2/c1-11-40(35,36)39-13-12-28-23(32)38-22(19-37-21-16-26(6,7)31(34)27(8,9)17-21)18-29(10)20-14-24(2,3)30(33)25(4,5)15-20/h11,20-22,33-34H,1,12-19H2,2-10H3,(H,28,32)/p+2. The second-order valence-corrected chi connectivity index (χ2v) is 17.8. The van der Waals surface area contributed by atoms with Gasteiger partial charge in [-0.15, -0.1) is 0 Å². The van der Waals surface area contributed by atoms with Crippen LogP contribution in [0.15, 0.2) is 12.0 Å². The highest BCUT2D eigenvalue weighted by Gasteiger charge is 2.50. The van der Waals surface area contributed by atoms with E-state index in [4.69, 9.17) is 19.9 Å². The molecule has 2 fully saturated rings. The zero-order valence-corrected chi connectivity index (χ0v) is 27.5. The van der Waals surface area contributed by atoms with Crippen LogP contribution in [0.2, 0.25) is 0 Å². The number of hydrogen-bond donors (Lipinski definition) is 1. The first kappa shape index (κ1) is 35.3. The van der Waals surface area contributed by atoms with Crippen molar-refractivity contribution in [1.29, 1.82) is 0 Å². The van der Waals surface area contributed by atoms with E-state index in [0.717, 1.165) is 18.2 Å². The molecule has 0 spiro atoms. The maximum Gasteiger partial charge on any atom is 0.407 e. The summed E-state index contributed by atoms with van der Waals surface area (Å²) in [6, 6.07) is 0.186. The summed E-state index contributed by atoms with van der Waals surface area (Å²) in [5.74, 6) is 0.177. The van der Waals surface area contributed by atoms with Gasteiger partial charge in [-0.05, 0) is 98.9 Å². The molecule has 1 unspecified atom stereocenters. The van der Waals surface area contributed by atoms with E-state index in [0.29, 0.717) is 30.2 Å². The van der Waals surface area contributed by atoms with Crippen molar-refractivity contribution in [3.63, 3.8) is 0 Å². The summed E-state index contributed by atoms with van der Waals surface area (Å²) in [6.45, 7) is 20.6. The monoisotopic (exact) mass is 610 g/mol. The van der Waals surface area contributed by atoms with Crippen LogP contribution in [0.1, 0.15) is 81.1 Å². The third-order valence-electron chi connectivity index (χ3n) is 8.08. The summed E-state index contributed by atoms with van der Waals surface area (Å²) in [7, 11) is -0.678. The van der Waals surface area contributed by atoms with Crippen molar-refractivity contribution in [3.8, 4) is 0 Å². The van der Waals surface area contributed by atoms with Gasteiger partial charge in [-0.3, -0.25) is 4.90 Å². The fraction of sp³-hybridized carbons (Fsp3) is 0.889. The van der Waals surface area contributed by atoms with Gasteiger partial charge in [0.2, 0.25) is 8.87 Å². The minimum Gasteiger partial charge on any atom is -0.442 e. The molecule has 2 heterocycles. The fourth-order valence-corrected chi connectivity index (χ4v) is 7.98. The summed E-state index contributed by atoms with van der Waals surface area (Å²) >= 11 is 0. The Labute approximate surface area is 244 Å². The number of piperidine rings is 2. The molecule has 0 radical (unpaired) electrons. The van der Waals surface area contributed by atoms with Gasteiger partial charge >= 0.3 is 6.09 Å². The molecular weight excluding hydrogens is 556 g/mol. The average molecular weight is 611 g/mol. The van der Waals surface area contributed by atoms with Gasteiger partial charge in [0.15, 0.2) is 0 Å². The molecule has 11 nitrogen and oxygen atoms in total. The Bertz CT molecular complexity index is 951. The number of nitrogens with zero attached hydrogens (tertiary/aromatic N) is 3. The predicted molar refractivity (Wildman–Crippen MR) is 162 cm³/mol. The van der Waals surface area contributed by atoms with Gasteiger partial charge in [-0.1, -0.05) is 16.7 Å². The maximum atomic E-state index is 12.7. The van der Waals surface area contributed by atoms with E-state index < -0.39 is 21.1 Å². The molecule has 0 aromatic heterocycles. The third kappa shape index (κ3) is 9.55. The lowest BCUT2D eigenvalue weighted by Crippen LogP contribution is -2.63. The Morgan fingerprint density at radius 3 is 1.98 bits per heavy atom. The number of hydroxylamine groups is 4. The highest BCUT2D eigenvalue weighted by atomic mass is 33.1. The van der Waals surface area contributed by atoms with Crippen LogP contribution >= 0.6 is 10.8 Å². The number of likely N-dealkylation sites (N-methyl/N-ethyl adjacent to an activating group) is 1. The lowest BCUT2D eigenvalue weighted by atomic mass is 9.78. The topological polar surface area (TPSA) is 137 Å². The molecule has 2 rings (SSSR count). The quantitative estimate of drug-likeness (QED) is 0.201. The molecular formula is C27H54N4O7S2+2. The second-order valence-electron chi connectivity index (χ2n) is 13.7. The first-order valence-electron chi connectivity index (χ1n) is 13.9. The minimum atomic E-state index is -3.41. The van der Waals surface area contributed by atoms with Crippen molar-refractivity contribution in [3.05, 3.63) is 12.0 Å². The molecule has 234 valence electrons. The van der Waals surface area contributed by atoms with Crippen LogP contribution < -0.4 is 5.32 Å². The van der Waals surface area contributed by atoms with Gasteiger partial charge in [0, 0.05) is 30.3 Å². The minimum absolute atomic E-state index is 0.0870. The first-order chi connectivity index (χ1) is 18.1. The van der Waals surface area contributed by atoms with Crippen molar-refractivity contribution in [2.45, 2.75) is 121 Å².